The fraction of sp³-hybridized carbons (Fsp3) is 0.583. The second kappa shape index (κ2) is 5.77. The molecule has 0 atom stereocenters. The summed E-state index contributed by atoms with van der Waals surface area (Å²) in [6.07, 6.45) is 2.58. The zero-order valence-corrected chi connectivity index (χ0v) is 10.4. The number of likely N-dealkylation sites (N-methyl/N-ethyl adjacent to an activating group) is 1. The Balaban J connectivity index is 1.76. The van der Waals surface area contributed by atoms with Crippen molar-refractivity contribution in [3.63, 3.8) is 0 Å². The van der Waals surface area contributed by atoms with Crippen LogP contribution in [0.5, 0.6) is 0 Å². The number of hydrogen-bond donors (Lipinski definition) is 1. The van der Waals surface area contributed by atoms with Crippen LogP contribution in [-0.4, -0.2) is 48.1 Å². The summed E-state index contributed by atoms with van der Waals surface area (Å²) >= 11 is 0. The number of carbonyl (C=O) groups is 1. The molecule has 1 heterocycles. The van der Waals surface area contributed by atoms with Crippen molar-refractivity contribution in [1.29, 1.82) is 0 Å². The Morgan fingerprint density at radius 3 is 2.83 bits per heavy atom. The SMILES string of the molecule is CN(CCOCC1CC1)c1ccc(C(=O)O)nn1. The van der Waals surface area contributed by atoms with Crippen molar-refractivity contribution in [1.82, 2.24) is 10.2 Å². The third-order valence-corrected chi connectivity index (χ3v) is 2.88. The molecule has 0 radical (unpaired) electrons. The third kappa shape index (κ3) is 3.66. The Bertz CT molecular complexity index is 404. The lowest BCUT2D eigenvalue weighted by atomic mass is 10.4. The van der Waals surface area contributed by atoms with Crippen LogP contribution < -0.4 is 4.90 Å². The molecule has 98 valence electrons. The molecule has 1 aliphatic rings. The highest BCUT2D eigenvalue weighted by atomic mass is 16.5. The van der Waals surface area contributed by atoms with Gasteiger partial charge in [0.25, 0.3) is 0 Å². The first kappa shape index (κ1) is 12.8. The van der Waals surface area contributed by atoms with Crippen LogP contribution in [0.1, 0.15) is 23.3 Å². The Labute approximate surface area is 106 Å². The van der Waals surface area contributed by atoms with Gasteiger partial charge in [0.15, 0.2) is 11.5 Å². The normalized spacial score (nSPS) is 14.5. The second-order valence-electron chi connectivity index (χ2n) is 4.52. The molecule has 6 nitrogen and oxygen atoms in total. The van der Waals surface area contributed by atoms with Crippen LogP contribution in [0.2, 0.25) is 0 Å². The molecular weight excluding hydrogens is 234 g/mol. The van der Waals surface area contributed by atoms with E-state index in [9.17, 15) is 4.79 Å². The molecule has 18 heavy (non-hydrogen) atoms. The van der Waals surface area contributed by atoms with Gasteiger partial charge in [-0.1, -0.05) is 0 Å². The number of rotatable bonds is 7. The van der Waals surface area contributed by atoms with Gasteiger partial charge in [-0.3, -0.25) is 0 Å². The smallest absolute Gasteiger partial charge is 0.356 e. The lowest BCUT2D eigenvalue weighted by molar-refractivity contribution is 0.0689. The maximum atomic E-state index is 10.6. The molecule has 1 aromatic heterocycles. The summed E-state index contributed by atoms with van der Waals surface area (Å²) in [6.45, 7) is 2.21. The number of anilines is 1. The number of nitrogens with zero attached hydrogens (tertiary/aromatic N) is 3. The fourth-order valence-corrected chi connectivity index (χ4v) is 1.49. The molecule has 1 N–H and O–H groups in total. The van der Waals surface area contributed by atoms with E-state index in [0.717, 1.165) is 12.5 Å². The van der Waals surface area contributed by atoms with Gasteiger partial charge in [0.05, 0.1) is 6.61 Å². The van der Waals surface area contributed by atoms with Crippen molar-refractivity contribution in [2.24, 2.45) is 5.92 Å². The zero-order chi connectivity index (χ0) is 13.0. The molecule has 1 saturated carbocycles. The Kier molecular flexibility index (Phi) is 4.09. The summed E-state index contributed by atoms with van der Waals surface area (Å²) in [4.78, 5) is 12.5. The maximum Gasteiger partial charge on any atom is 0.356 e. The van der Waals surface area contributed by atoms with Crippen molar-refractivity contribution in [2.45, 2.75) is 12.8 Å². The highest BCUT2D eigenvalue weighted by molar-refractivity contribution is 5.85. The highest BCUT2D eigenvalue weighted by Crippen LogP contribution is 2.28. The van der Waals surface area contributed by atoms with Crippen LogP contribution >= 0.6 is 0 Å². The van der Waals surface area contributed by atoms with E-state index < -0.39 is 5.97 Å². The van der Waals surface area contributed by atoms with Crippen LogP contribution in [0.3, 0.4) is 0 Å². The van der Waals surface area contributed by atoms with Gasteiger partial charge in [-0.05, 0) is 30.9 Å². The molecule has 2 rings (SSSR count). The minimum absolute atomic E-state index is 0.0443. The van der Waals surface area contributed by atoms with Gasteiger partial charge in [-0.15, -0.1) is 10.2 Å². The lowest BCUT2D eigenvalue weighted by Gasteiger charge is -2.17. The zero-order valence-electron chi connectivity index (χ0n) is 10.4. The average Bonchev–Trinajstić information content (AvgIpc) is 3.18. The van der Waals surface area contributed by atoms with E-state index in [4.69, 9.17) is 9.84 Å². The van der Waals surface area contributed by atoms with Gasteiger partial charge < -0.3 is 14.7 Å². The molecular formula is C12H17N3O3. The van der Waals surface area contributed by atoms with Crippen molar-refractivity contribution < 1.29 is 14.6 Å². The van der Waals surface area contributed by atoms with Crippen molar-refractivity contribution in [3.8, 4) is 0 Å². The fourth-order valence-electron chi connectivity index (χ4n) is 1.49. The van der Waals surface area contributed by atoms with E-state index in [0.29, 0.717) is 19.0 Å². The monoisotopic (exact) mass is 251 g/mol. The van der Waals surface area contributed by atoms with Crippen molar-refractivity contribution in [3.05, 3.63) is 17.8 Å². The number of hydrogen-bond acceptors (Lipinski definition) is 5. The van der Waals surface area contributed by atoms with Crippen LogP contribution in [0.4, 0.5) is 5.82 Å². The third-order valence-electron chi connectivity index (χ3n) is 2.88. The molecule has 0 spiro atoms. The topological polar surface area (TPSA) is 75.5 Å². The number of aromatic nitrogens is 2. The Hall–Kier alpha value is -1.69. The molecule has 0 saturated heterocycles. The van der Waals surface area contributed by atoms with Crippen LogP contribution in [0, 0.1) is 5.92 Å². The van der Waals surface area contributed by atoms with E-state index in [1.807, 2.05) is 11.9 Å². The first-order chi connectivity index (χ1) is 8.66. The Morgan fingerprint density at radius 2 is 2.28 bits per heavy atom. The summed E-state index contributed by atoms with van der Waals surface area (Å²) in [6, 6.07) is 3.10. The van der Waals surface area contributed by atoms with Gasteiger partial charge in [0, 0.05) is 20.2 Å². The van der Waals surface area contributed by atoms with E-state index in [2.05, 4.69) is 10.2 Å². The maximum absolute atomic E-state index is 10.6. The predicted molar refractivity (Wildman–Crippen MR) is 65.8 cm³/mol. The largest absolute Gasteiger partial charge is 0.476 e. The van der Waals surface area contributed by atoms with Gasteiger partial charge >= 0.3 is 5.97 Å². The van der Waals surface area contributed by atoms with E-state index in [-0.39, 0.29) is 5.69 Å². The first-order valence-electron chi connectivity index (χ1n) is 6.02. The lowest BCUT2D eigenvalue weighted by Crippen LogP contribution is -2.24. The van der Waals surface area contributed by atoms with Crippen molar-refractivity contribution in [2.75, 3.05) is 31.7 Å². The van der Waals surface area contributed by atoms with Crippen LogP contribution in [0.25, 0.3) is 0 Å². The highest BCUT2D eigenvalue weighted by Gasteiger charge is 2.21. The number of carboxylic acids is 1. The van der Waals surface area contributed by atoms with Crippen molar-refractivity contribution >= 4 is 11.8 Å². The molecule has 0 aliphatic heterocycles. The molecule has 1 fully saturated rings. The minimum Gasteiger partial charge on any atom is -0.476 e. The van der Waals surface area contributed by atoms with Gasteiger partial charge in [0.1, 0.15) is 0 Å². The standard InChI is InChI=1S/C12H17N3O3/c1-15(6-7-18-8-9-2-3-9)11-5-4-10(12(16)17)13-14-11/h4-5,9H,2-3,6-8H2,1H3,(H,16,17). The minimum atomic E-state index is -1.07. The van der Waals surface area contributed by atoms with E-state index in [1.54, 1.807) is 6.07 Å². The molecule has 0 unspecified atom stereocenters. The summed E-state index contributed by atoms with van der Waals surface area (Å²) in [7, 11) is 1.88. The van der Waals surface area contributed by atoms with E-state index >= 15 is 0 Å². The number of ether oxygens (including phenoxy) is 1. The Morgan fingerprint density at radius 1 is 1.50 bits per heavy atom. The number of aromatic carboxylic acids is 1. The number of carboxylic acid groups (broad SMARTS) is 1. The predicted octanol–water partition coefficient (Wildman–Crippen LogP) is 1.04. The molecule has 0 bridgehead atoms. The summed E-state index contributed by atoms with van der Waals surface area (Å²) in [5.74, 6) is 0.351. The average molecular weight is 251 g/mol. The second-order valence-corrected chi connectivity index (χ2v) is 4.52. The molecule has 6 heteroatoms. The van der Waals surface area contributed by atoms with E-state index in [1.165, 1.54) is 18.9 Å². The van der Waals surface area contributed by atoms with Gasteiger partial charge in [-0.2, -0.15) is 0 Å². The first-order valence-corrected chi connectivity index (χ1v) is 6.02. The molecule has 0 amide bonds. The molecule has 0 aromatic carbocycles. The summed E-state index contributed by atoms with van der Waals surface area (Å²) in [5, 5.41) is 16.2. The van der Waals surface area contributed by atoms with Crippen LogP contribution in [-0.2, 0) is 4.74 Å². The van der Waals surface area contributed by atoms with Gasteiger partial charge in [0.2, 0.25) is 0 Å². The van der Waals surface area contributed by atoms with Gasteiger partial charge in [-0.25, -0.2) is 4.79 Å². The molecule has 1 aromatic rings. The quantitative estimate of drug-likeness (QED) is 0.730. The molecule has 1 aliphatic carbocycles. The summed E-state index contributed by atoms with van der Waals surface area (Å²) in [5.41, 5.74) is -0.0443. The summed E-state index contributed by atoms with van der Waals surface area (Å²) < 4.78 is 5.53. The van der Waals surface area contributed by atoms with Crippen LogP contribution in [0.15, 0.2) is 12.1 Å².